The molecule has 0 unspecified atom stereocenters. The van der Waals surface area contributed by atoms with Crippen molar-refractivity contribution in [1.82, 2.24) is 9.88 Å². The van der Waals surface area contributed by atoms with Gasteiger partial charge in [-0.2, -0.15) is 0 Å². The van der Waals surface area contributed by atoms with E-state index in [0.29, 0.717) is 6.54 Å². The third-order valence-corrected chi connectivity index (χ3v) is 7.28. The fraction of sp³-hybridized carbons (Fsp3) is 0.391. The van der Waals surface area contributed by atoms with Crippen molar-refractivity contribution >= 4 is 56.8 Å². The summed E-state index contributed by atoms with van der Waals surface area (Å²) in [5.74, 6) is 0.0363. The van der Waals surface area contributed by atoms with Gasteiger partial charge in [0, 0.05) is 18.0 Å². The van der Waals surface area contributed by atoms with Crippen LogP contribution in [-0.4, -0.2) is 47.7 Å². The minimum absolute atomic E-state index is 0. The molecule has 3 rings (SSSR count). The Morgan fingerprint density at radius 1 is 1.10 bits per heavy atom. The first-order valence-electron chi connectivity index (χ1n) is 10.2. The molecule has 0 saturated carbocycles. The number of hydrogen-bond donors (Lipinski definition) is 0. The van der Waals surface area contributed by atoms with Gasteiger partial charge >= 0.3 is 0 Å². The predicted octanol–water partition coefficient (Wildman–Crippen LogP) is 5.94. The maximum absolute atomic E-state index is 13.2. The number of carbonyl (C=O) groups excluding carboxylic acids is 1. The number of anilines is 1. The van der Waals surface area contributed by atoms with Crippen LogP contribution in [0.3, 0.4) is 0 Å². The number of nitrogens with zero attached hydrogens (tertiary/aromatic N) is 3. The molecular weight excluding hydrogens is 453 g/mol. The fourth-order valence-corrected chi connectivity index (χ4v) is 5.18. The van der Waals surface area contributed by atoms with E-state index >= 15 is 0 Å². The monoisotopic (exact) mass is 481 g/mol. The maximum Gasteiger partial charge on any atom is 0.239 e. The van der Waals surface area contributed by atoms with E-state index in [-0.39, 0.29) is 29.9 Å². The van der Waals surface area contributed by atoms with Gasteiger partial charge in [-0.3, -0.25) is 9.69 Å². The zero-order valence-corrected chi connectivity index (χ0v) is 20.8. The van der Waals surface area contributed by atoms with E-state index in [1.54, 1.807) is 23.5 Å². The SMILES string of the molecule is CCN(CC)CCN(C(=O)CSc1ccc(F)cc1)c1nc2cc(C)cc(C)c2s1.Cl. The number of halogens is 2. The third kappa shape index (κ3) is 6.65. The second-order valence-electron chi connectivity index (χ2n) is 7.24. The highest BCUT2D eigenvalue weighted by Gasteiger charge is 2.21. The lowest BCUT2D eigenvalue weighted by atomic mass is 10.1. The molecule has 1 heterocycles. The first-order chi connectivity index (χ1) is 14.4. The molecule has 168 valence electrons. The maximum atomic E-state index is 13.2. The average molecular weight is 482 g/mol. The van der Waals surface area contributed by atoms with E-state index in [2.05, 4.69) is 44.7 Å². The minimum Gasteiger partial charge on any atom is -0.302 e. The molecule has 1 aromatic heterocycles. The quantitative estimate of drug-likeness (QED) is 0.354. The Balaban J connectivity index is 0.00000341. The molecule has 0 aliphatic carbocycles. The Morgan fingerprint density at radius 2 is 1.77 bits per heavy atom. The summed E-state index contributed by atoms with van der Waals surface area (Å²) in [6.45, 7) is 11.7. The zero-order chi connectivity index (χ0) is 21.7. The summed E-state index contributed by atoms with van der Waals surface area (Å²) in [5, 5.41) is 0.746. The first-order valence-corrected chi connectivity index (χ1v) is 12.0. The summed E-state index contributed by atoms with van der Waals surface area (Å²) in [5.41, 5.74) is 3.30. The van der Waals surface area contributed by atoms with Crippen molar-refractivity contribution in [3.05, 3.63) is 53.3 Å². The van der Waals surface area contributed by atoms with Crippen LogP contribution in [0.4, 0.5) is 9.52 Å². The Kier molecular flexibility index (Phi) is 9.75. The summed E-state index contributed by atoms with van der Waals surface area (Å²) in [6, 6.07) is 10.5. The lowest BCUT2D eigenvalue weighted by Crippen LogP contribution is -2.39. The van der Waals surface area contributed by atoms with Crippen molar-refractivity contribution < 1.29 is 9.18 Å². The van der Waals surface area contributed by atoms with E-state index in [1.165, 1.54) is 35.0 Å². The highest BCUT2D eigenvalue weighted by atomic mass is 35.5. The number of fused-ring (bicyclic) bond motifs is 1. The second kappa shape index (κ2) is 11.8. The van der Waals surface area contributed by atoms with Gasteiger partial charge in [0.2, 0.25) is 5.91 Å². The topological polar surface area (TPSA) is 36.4 Å². The largest absolute Gasteiger partial charge is 0.302 e. The summed E-state index contributed by atoms with van der Waals surface area (Å²) in [6.07, 6.45) is 0. The van der Waals surface area contributed by atoms with E-state index in [0.717, 1.165) is 39.9 Å². The molecule has 8 heteroatoms. The number of thiazole rings is 1. The lowest BCUT2D eigenvalue weighted by Gasteiger charge is -2.24. The Morgan fingerprint density at radius 3 is 2.42 bits per heavy atom. The molecule has 0 bridgehead atoms. The third-order valence-electron chi connectivity index (χ3n) is 5.05. The van der Waals surface area contributed by atoms with Crippen molar-refractivity contribution in [1.29, 1.82) is 0 Å². The molecule has 0 saturated heterocycles. The number of aromatic nitrogens is 1. The minimum atomic E-state index is -0.272. The predicted molar refractivity (Wildman–Crippen MR) is 134 cm³/mol. The summed E-state index contributed by atoms with van der Waals surface area (Å²) < 4.78 is 14.3. The van der Waals surface area contributed by atoms with Gasteiger partial charge in [-0.15, -0.1) is 24.2 Å². The normalized spacial score (nSPS) is 11.0. The van der Waals surface area contributed by atoms with Crippen LogP contribution in [0.2, 0.25) is 0 Å². The average Bonchev–Trinajstić information content (AvgIpc) is 3.14. The van der Waals surface area contributed by atoms with Crippen LogP contribution in [0.25, 0.3) is 10.2 Å². The van der Waals surface area contributed by atoms with Crippen LogP contribution >= 0.6 is 35.5 Å². The number of aryl methyl sites for hydroxylation is 2. The van der Waals surface area contributed by atoms with Gasteiger partial charge < -0.3 is 4.90 Å². The molecule has 0 spiro atoms. The molecular formula is C23H29ClFN3OS2. The molecule has 3 aromatic rings. The smallest absolute Gasteiger partial charge is 0.239 e. The van der Waals surface area contributed by atoms with Gasteiger partial charge in [0.25, 0.3) is 0 Å². The molecule has 0 radical (unpaired) electrons. The van der Waals surface area contributed by atoms with E-state index in [4.69, 9.17) is 4.98 Å². The van der Waals surface area contributed by atoms with Crippen LogP contribution in [0, 0.1) is 19.7 Å². The molecule has 4 nitrogen and oxygen atoms in total. The van der Waals surface area contributed by atoms with E-state index < -0.39 is 0 Å². The van der Waals surface area contributed by atoms with Crippen molar-refractivity contribution in [2.45, 2.75) is 32.6 Å². The number of carbonyl (C=O) groups is 1. The first kappa shape index (κ1) is 25.6. The molecule has 0 N–H and O–H groups in total. The van der Waals surface area contributed by atoms with Crippen molar-refractivity contribution in [3.63, 3.8) is 0 Å². The number of rotatable bonds is 9. The van der Waals surface area contributed by atoms with Gasteiger partial charge in [0.15, 0.2) is 5.13 Å². The zero-order valence-electron chi connectivity index (χ0n) is 18.4. The van der Waals surface area contributed by atoms with E-state index in [1.807, 2.05) is 4.90 Å². The van der Waals surface area contributed by atoms with Gasteiger partial charge in [0.1, 0.15) is 5.82 Å². The van der Waals surface area contributed by atoms with Crippen LogP contribution in [-0.2, 0) is 4.79 Å². The van der Waals surface area contributed by atoms with Gasteiger partial charge in [0.05, 0.1) is 16.0 Å². The molecule has 1 amide bonds. The number of thioether (sulfide) groups is 1. The number of benzene rings is 2. The van der Waals surface area contributed by atoms with Crippen LogP contribution in [0.5, 0.6) is 0 Å². The molecule has 0 fully saturated rings. The molecule has 2 aromatic carbocycles. The molecule has 0 aliphatic rings. The summed E-state index contributed by atoms with van der Waals surface area (Å²) >= 11 is 3.00. The van der Waals surface area contributed by atoms with Gasteiger partial charge in [-0.25, -0.2) is 9.37 Å². The molecule has 0 atom stereocenters. The molecule has 0 aliphatic heterocycles. The Labute approximate surface area is 198 Å². The van der Waals surface area contributed by atoms with Gasteiger partial charge in [-0.05, 0) is 68.4 Å². The van der Waals surface area contributed by atoms with Crippen LogP contribution < -0.4 is 4.90 Å². The highest BCUT2D eigenvalue weighted by Crippen LogP contribution is 2.32. The number of hydrogen-bond acceptors (Lipinski definition) is 5. The number of likely N-dealkylation sites (N-methyl/N-ethyl adjacent to an activating group) is 1. The Hall–Kier alpha value is -1.67. The standard InChI is InChI=1S/C23H28FN3OS2.ClH/c1-5-26(6-2)11-12-27(21(28)15-29-19-9-7-18(24)8-10-19)23-25-20-14-16(3)13-17(4)22(20)30-23;/h7-10,13-14H,5-6,11-12,15H2,1-4H3;1H. The highest BCUT2D eigenvalue weighted by molar-refractivity contribution is 8.00. The van der Waals surface area contributed by atoms with Crippen molar-refractivity contribution in [3.8, 4) is 0 Å². The van der Waals surface area contributed by atoms with Crippen molar-refractivity contribution in [2.75, 3.05) is 36.8 Å². The number of amides is 1. The van der Waals surface area contributed by atoms with E-state index in [9.17, 15) is 9.18 Å². The summed E-state index contributed by atoms with van der Waals surface area (Å²) in [7, 11) is 0. The van der Waals surface area contributed by atoms with Crippen LogP contribution in [0.15, 0.2) is 41.3 Å². The van der Waals surface area contributed by atoms with Crippen molar-refractivity contribution in [2.24, 2.45) is 0 Å². The lowest BCUT2D eigenvalue weighted by molar-refractivity contribution is -0.116. The Bertz CT molecular complexity index is 1010. The fourth-order valence-electron chi connectivity index (χ4n) is 3.34. The molecule has 31 heavy (non-hydrogen) atoms. The second-order valence-corrected chi connectivity index (χ2v) is 9.27. The van der Waals surface area contributed by atoms with Crippen LogP contribution in [0.1, 0.15) is 25.0 Å². The van der Waals surface area contributed by atoms with Gasteiger partial charge in [-0.1, -0.05) is 31.3 Å². The summed E-state index contributed by atoms with van der Waals surface area (Å²) in [4.78, 5) is 23.0.